The molecule has 0 heterocycles. The summed E-state index contributed by atoms with van der Waals surface area (Å²) in [7, 11) is 3.19. The molecule has 198 valence electrons. The number of hydrogen-bond donors (Lipinski definition) is 1. The second kappa shape index (κ2) is 10.4. The molecule has 0 amide bonds. The van der Waals surface area contributed by atoms with Crippen LogP contribution in [0.4, 0.5) is 0 Å². The van der Waals surface area contributed by atoms with Crippen LogP contribution in [0.25, 0.3) is 0 Å². The van der Waals surface area contributed by atoms with Crippen molar-refractivity contribution in [3.63, 3.8) is 0 Å². The Kier molecular flexibility index (Phi) is 7.76. The van der Waals surface area contributed by atoms with Crippen molar-refractivity contribution in [1.29, 1.82) is 0 Å². The third kappa shape index (κ3) is 4.90. The van der Waals surface area contributed by atoms with E-state index in [1.165, 1.54) is 31.3 Å². The second-order valence-electron chi connectivity index (χ2n) is 12.5. The molecule has 36 heavy (non-hydrogen) atoms. The number of aliphatic hydroxyl groups excluding tert-OH is 1. The molecule has 1 N–H and O–H groups in total. The van der Waals surface area contributed by atoms with Crippen molar-refractivity contribution in [3.8, 4) is 11.5 Å². The summed E-state index contributed by atoms with van der Waals surface area (Å²) in [5, 5.41) is 11.3. The lowest BCUT2D eigenvalue weighted by Crippen LogP contribution is -2.48. The summed E-state index contributed by atoms with van der Waals surface area (Å²) < 4.78 is 11.0. The fourth-order valence-corrected chi connectivity index (χ4v) is 7.96. The van der Waals surface area contributed by atoms with Crippen molar-refractivity contribution in [2.75, 3.05) is 14.2 Å². The Balaban J connectivity index is 1.52. The Bertz CT molecular complexity index is 1050. The summed E-state index contributed by atoms with van der Waals surface area (Å²) in [6.45, 7) is 12.0. The zero-order valence-corrected chi connectivity index (χ0v) is 23.4. The van der Waals surface area contributed by atoms with E-state index in [1.54, 1.807) is 25.9 Å². The van der Waals surface area contributed by atoms with Crippen molar-refractivity contribution in [2.45, 2.75) is 98.0 Å². The largest absolute Gasteiger partial charge is 0.497 e. The SMILES string of the molecule is COc1cc(OC)c2c(c1)[C@H]([C@H](O)C=C(C)CC[C@@H]1C(C)=CC[C@@H]3C(C)(C)CCC[C@@]13C)CCC2=O. The molecule has 0 aliphatic heterocycles. The molecule has 4 heteroatoms. The Hall–Kier alpha value is -2.07. The maximum atomic E-state index is 12.7. The summed E-state index contributed by atoms with van der Waals surface area (Å²) >= 11 is 0. The average molecular weight is 495 g/mol. The summed E-state index contributed by atoms with van der Waals surface area (Å²) in [4.78, 5) is 12.7. The first-order valence-corrected chi connectivity index (χ1v) is 13.8. The first-order valence-electron chi connectivity index (χ1n) is 13.8. The molecule has 0 saturated heterocycles. The van der Waals surface area contributed by atoms with Crippen molar-refractivity contribution >= 4 is 5.78 Å². The topological polar surface area (TPSA) is 55.8 Å². The molecule has 0 spiro atoms. The van der Waals surface area contributed by atoms with Crippen molar-refractivity contribution in [3.05, 3.63) is 46.6 Å². The van der Waals surface area contributed by atoms with Gasteiger partial charge in [0, 0.05) is 18.4 Å². The van der Waals surface area contributed by atoms with Crippen LogP contribution in [0.3, 0.4) is 0 Å². The molecule has 0 aromatic heterocycles. The molecule has 4 rings (SSSR count). The minimum absolute atomic E-state index is 0.0754. The van der Waals surface area contributed by atoms with Gasteiger partial charge < -0.3 is 14.6 Å². The first kappa shape index (κ1) is 27.0. The van der Waals surface area contributed by atoms with Crippen LogP contribution in [0, 0.1) is 22.7 Å². The van der Waals surface area contributed by atoms with E-state index in [9.17, 15) is 9.90 Å². The lowest BCUT2D eigenvalue weighted by atomic mass is 9.48. The first-order chi connectivity index (χ1) is 17.0. The van der Waals surface area contributed by atoms with Gasteiger partial charge in [-0.25, -0.2) is 0 Å². The predicted octanol–water partition coefficient (Wildman–Crippen LogP) is 7.65. The van der Waals surface area contributed by atoms with E-state index < -0.39 is 6.10 Å². The van der Waals surface area contributed by atoms with Gasteiger partial charge in [-0.15, -0.1) is 0 Å². The average Bonchev–Trinajstić information content (AvgIpc) is 2.82. The Labute approximate surface area is 218 Å². The fraction of sp³-hybridized carbons (Fsp3) is 0.656. The summed E-state index contributed by atoms with van der Waals surface area (Å²) in [5.74, 6) is 2.45. The zero-order valence-electron chi connectivity index (χ0n) is 23.4. The van der Waals surface area contributed by atoms with Gasteiger partial charge in [0.05, 0.1) is 25.9 Å². The van der Waals surface area contributed by atoms with Crippen LogP contribution in [0.15, 0.2) is 35.4 Å². The molecule has 1 aromatic rings. The van der Waals surface area contributed by atoms with E-state index in [0.29, 0.717) is 46.7 Å². The smallest absolute Gasteiger partial charge is 0.166 e. The normalized spacial score (nSPS) is 30.7. The minimum Gasteiger partial charge on any atom is -0.497 e. The maximum Gasteiger partial charge on any atom is 0.166 e. The van der Waals surface area contributed by atoms with Gasteiger partial charge in [-0.3, -0.25) is 4.79 Å². The van der Waals surface area contributed by atoms with Crippen LogP contribution in [0.2, 0.25) is 0 Å². The molecular formula is C32H46O4. The number of carbonyl (C=O) groups excluding carboxylic acids is 1. The molecule has 4 nitrogen and oxygen atoms in total. The number of ether oxygens (including phenoxy) is 2. The van der Waals surface area contributed by atoms with E-state index in [0.717, 1.165) is 24.3 Å². The number of hydrogen-bond acceptors (Lipinski definition) is 4. The zero-order chi connectivity index (χ0) is 26.3. The standard InChI is InChI=1S/C32H46O4/c1-20(9-12-25-21(2)10-14-29-31(3,4)15-8-16-32(25,29)5)17-27(34)23-11-13-26(33)30-24(23)18-22(35-6)19-28(30)36-7/h10,17-19,23,25,27,29,34H,8-9,11-16H2,1-7H3/t23-,25-,27-,29-,32+/m1/s1. The molecule has 5 atom stereocenters. The Morgan fingerprint density at radius 1 is 1.19 bits per heavy atom. The number of benzene rings is 1. The number of ketones is 1. The number of methoxy groups -OCH3 is 2. The molecule has 0 bridgehead atoms. The molecule has 0 unspecified atom stereocenters. The molecule has 0 radical (unpaired) electrons. The van der Waals surface area contributed by atoms with Crippen molar-refractivity contribution in [1.82, 2.24) is 0 Å². The molecule has 1 saturated carbocycles. The number of rotatable bonds is 7. The minimum atomic E-state index is -0.645. The van der Waals surface area contributed by atoms with Crippen LogP contribution in [-0.4, -0.2) is 31.2 Å². The van der Waals surface area contributed by atoms with Gasteiger partial charge in [-0.05, 0) is 86.7 Å². The highest BCUT2D eigenvalue weighted by atomic mass is 16.5. The maximum absolute atomic E-state index is 12.7. The van der Waals surface area contributed by atoms with Gasteiger partial charge in [0.1, 0.15) is 11.5 Å². The third-order valence-corrected chi connectivity index (χ3v) is 9.91. The second-order valence-corrected chi connectivity index (χ2v) is 12.5. The van der Waals surface area contributed by atoms with E-state index >= 15 is 0 Å². The van der Waals surface area contributed by atoms with E-state index in [1.807, 2.05) is 12.1 Å². The van der Waals surface area contributed by atoms with E-state index in [2.05, 4.69) is 40.7 Å². The van der Waals surface area contributed by atoms with Gasteiger partial charge in [-0.1, -0.05) is 50.5 Å². The monoisotopic (exact) mass is 494 g/mol. The number of allylic oxidation sites excluding steroid dienone is 3. The third-order valence-electron chi connectivity index (χ3n) is 9.91. The van der Waals surface area contributed by atoms with Crippen LogP contribution < -0.4 is 9.47 Å². The Morgan fingerprint density at radius 2 is 1.94 bits per heavy atom. The Morgan fingerprint density at radius 3 is 2.64 bits per heavy atom. The van der Waals surface area contributed by atoms with E-state index in [-0.39, 0.29) is 11.7 Å². The lowest BCUT2D eigenvalue weighted by molar-refractivity contribution is -0.0390. The molecular weight excluding hydrogens is 448 g/mol. The number of fused-ring (bicyclic) bond motifs is 2. The number of Topliss-reactive ketones (excluding diaryl/α,β-unsaturated/α-hetero) is 1. The van der Waals surface area contributed by atoms with E-state index in [4.69, 9.17) is 9.47 Å². The summed E-state index contributed by atoms with van der Waals surface area (Å²) in [6.07, 6.45) is 12.2. The fourth-order valence-electron chi connectivity index (χ4n) is 7.96. The van der Waals surface area contributed by atoms with Crippen molar-refractivity contribution in [2.24, 2.45) is 22.7 Å². The number of aliphatic hydroxyl groups is 1. The highest BCUT2D eigenvalue weighted by Gasteiger charge is 2.51. The number of carbonyl (C=O) groups is 1. The quantitative estimate of drug-likeness (QED) is 0.396. The molecule has 1 aromatic carbocycles. The van der Waals surface area contributed by atoms with Crippen LogP contribution in [-0.2, 0) is 0 Å². The van der Waals surface area contributed by atoms with Gasteiger partial charge in [0.2, 0.25) is 0 Å². The molecule has 3 aliphatic rings. The van der Waals surface area contributed by atoms with Crippen LogP contribution in [0.5, 0.6) is 11.5 Å². The van der Waals surface area contributed by atoms with Crippen molar-refractivity contribution < 1.29 is 19.4 Å². The van der Waals surface area contributed by atoms with Gasteiger partial charge in [-0.2, -0.15) is 0 Å². The predicted molar refractivity (Wildman–Crippen MR) is 146 cm³/mol. The van der Waals surface area contributed by atoms with Gasteiger partial charge >= 0.3 is 0 Å². The van der Waals surface area contributed by atoms with Gasteiger partial charge in [0.25, 0.3) is 0 Å². The van der Waals surface area contributed by atoms with Gasteiger partial charge in [0.15, 0.2) is 5.78 Å². The lowest BCUT2D eigenvalue weighted by Gasteiger charge is -2.57. The van der Waals surface area contributed by atoms with Crippen LogP contribution >= 0.6 is 0 Å². The summed E-state index contributed by atoms with van der Waals surface area (Å²) in [6, 6.07) is 3.65. The van der Waals surface area contributed by atoms with Crippen LogP contribution in [0.1, 0.15) is 108 Å². The molecule has 1 fully saturated rings. The summed E-state index contributed by atoms with van der Waals surface area (Å²) in [5.41, 5.74) is 4.97. The highest BCUT2D eigenvalue weighted by molar-refractivity contribution is 6.01. The highest BCUT2D eigenvalue weighted by Crippen LogP contribution is 2.60. The molecule has 3 aliphatic carbocycles.